The molecular formula is C19H25FN2O2. The Kier molecular flexibility index (Phi) is 5.31. The number of carbonyl (C=O) groups is 1. The molecule has 5 heteroatoms. The summed E-state index contributed by atoms with van der Waals surface area (Å²) in [6.45, 7) is 2.77. The first-order valence-corrected chi connectivity index (χ1v) is 8.65. The fraction of sp³-hybridized carbons (Fsp3) is 0.526. The van der Waals surface area contributed by atoms with Crippen LogP contribution in [0, 0.1) is 0 Å². The van der Waals surface area contributed by atoms with Gasteiger partial charge in [-0.05, 0) is 37.4 Å². The van der Waals surface area contributed by atoms with Gasteiger partial charge in [-0.15, -0.1) is 0 Å². The Morgan fingerprint density at radius 1 is 1.25 bits per heavy atom. The van der Waals surface area contributed by atoms with Crippen LogP contribution in [0.15, 0.2) is 42.2 Å². The lowest BCUT2D eigenvalue weighted by Gasteiger charge is -2.40. The van der Waals surface area contributed by atoms with Crippen LogP contribution in [0.5, 0.6) is 0 Å². The molecule has 1 amide bonds. The molecule has 1 fully saturated rings. The zero-order chi connectivity index (χ0) is 17.0. The first-order chi connectivity index (χ1) is 11.5. The molecule has 1 atom stereocenters. The molecule has 3 rings (SSSR count). The minimum absolute atomic E-state index is 0.0443. The van der Waals surface area contributed by atoms with Gasteiger partial charge in [0.2, 0.25) is 5.91 Å². The highest BCUT2D eigenvalue weighted by Gasteiger charge is 2.36. The standard InChI is InChI=1S/C19H25FN2O2/c20-17-8-4-11-22(14-17)18(23)12-19(24)9-5-10-21(15-19)13-16-6-2-1-3-7-16/h1-3,6-8,24H,4-5,9-15H2. The van der Waals surface area contributed by atoms with Crippen LogP contribution in [0.2, 0.25) is 0 Å². The van der Waals surface area contributed by atoms with Crippen LogP contribution in [-0.2, 0) is 11.3 Å². The van der Waals surface area contributed by atoms with Gasteiger partial charge in [-0.25, -0.2) is 4.39 Å². The number of likely N-dealkylation sites (tertiary alicyclic amines) is 1. The summed E-state index contributed by atoms with van der Waals surface area (Å²) in [6.07, 6.45) is 3.64. The van der Waals surface area contributed by atoms with Gasteiger partial charge in [0.05, 0.1) is 18.6 Å². The SMILES string of the molecule is O=C(CC1(O)CCCN(Cc2ccccc2)C1)N1CCC=C(F)C1. The number of carbonyl (C=O) groups excluding carboxylic acids is 1. The maximum absolute atomic E-state index is 13.4. The van der Waals surface area contributed by atoms with Gasteiger partial charge < -0.3 is 10.0 Å². The van der Waals surface area contributed by atoms with Crippen molar-refractivity contribution in [1.29, 1.82) is 0 Å². The van der Waals surface area contributed by atoms with Crippen molar-refractivity contribution in [2.24, 2.45) is 0 Å². The van der Waals surface area contributed by atoms with E-state index in [0.717, 1.165) is 19.5 Å². The number of rotatable bonds is 4. The van der Waals surface area contributed by atoms with E-state index in [1.807, 2.05) is 18.2 Å². The molecule has 24 heavy (non-hydrogen) atoms. The number of halogens is 1. The van der Waals surface area contributed by atoms with Crippen molar-refractivity contribution < 1.29 is 14.3 Å². The molecule has 1 aromatic carbocycles. The van der Waals surface area contributed by atoms with Gasteiger partial charge in [0.25, 0.3) is 0 Å². The number of amides is 1. The summed E-state index contributed by atoms with van der Waals surface area (Å²) in [4.78, 5) is 16.2. The van der Waals surface area contributed by atoms with Crippen molar-refractivity contribution in [2.45, 2.75) is 37.8 Å². The summed E-state index contributed by atoms with van der Waals surface area (Å²) in [6, 6.07) is 10.1. The van der Waals surface area contributed by atoms with Gasteiger partial charge in [0.1, 0.15) is 5.83 Å². The Labute approximate surface area is 142 Å². The van der Waals surface area contributed by atoms with Gasteiger partial charge >= 0.3 is 0 Å². The predicted molar refractivity (Wildman–Crippen MR) is 90.9 cm³/mol. The summed E-state index contributed by atoms with van der Waals surface area (Å²) in [5.41, 5.74) is 0.193. The molecule has 2 aliphatic rings. The minimum Gasteiger partial charge on any atom is -0.388 e. The van der Waals surface area contributed by atoms with E-state index in [4.69, 9.17) is 0 Å². The maximum Gasteiger partial charge on any atom is 0.225 e. The zero-order valence-electron chi connectivity index (χ0n) is 14.0. The molecule has 1 aromatic rings. The van der Waals surface area contributed by atoms with E-state index in [2.05, 4.69) is 17.0 Å². The number of hydrogen-bond acceptors (Lipinski definition) is 3. The summed E-state index contributed by atoms with van der Waals surface area (Å²) < 4.78 is 13.4. The van der Waals surface area contributed by atoms with Crippen LogP contribution in [0.1, 0.15) is 31.2 Å². The molecule has 0 spiro atoms. The van der Waals surface area contributed by atoms with Gasteiger partial charge in [-0.2, -0.15) is 0 Å². The average Bonchev–Trinajstić information content (AvgIpc) is 2.55. The molecule has 130 valence electrons. The minimum atomic E-state index is -1.01. The number of hydrogen-bond donors (Lipinski definition) is 1. The van der Waals surface area contributed by atoms with E-state index in [0.29, 0.717) is 25.9 Å². The Hall–Kier alpha value is -1.72. The van der Waals surface area contributed by atoms with E-state index in [1.165, 1.54) is 16.5 Å². The normalized spacial score (nSPS) is 25.4. The van der Waals surface area contributed by atoms with Crippen LogP contribution in [0.4, 0.5) is 4.39 Å². The third-order valence-corrected chi connectivity index (χ3v) is 4.82. The second kappa shape index (κ2) is 7.45. The van der Waals surface area contributed by atoms with Gasteiger partial charge in [0, 0.05) is 19.6 Å². The highest BCUT2D eigenvalue weighted by atomic mass is 19.1. The third kappa shape index (κ3) is 4.42. The van der Waals surface area contributed by atoms with E-state index < -0.39 is 5.60 Å². The molecule has 0 radical (unpaired) electrons. The number of piperidine rings is 1. The van der Waals surface area contributed by atoms with Crippen LogP contribution in [0.3, 0.4) is 0 Å². The first-order valence-electron chi connectivity index (χ1n) is 8.65. The topological polar surface area (TPSA) is 43.8 Å². The predicted octanol–water partition coefficient (Wildman–Crippen LogP) is 2.49. The molecule has 4 nitrogen and oxygen atoms in total. The van der Waals surface area contributed by atoms with Gasteiger partial charge in [-0.3, -0.25) is 9.69 Å². The fourth-order valence-corrected chi connectivity index (χ4v) is 3.64. The molecule has 2 aliphatic heterocycles. The van der Waals surface area contributed by atoms with Crippen LogP contribution < -0.4 is 0 Å². The molecule has 1 saturated heterocycles. The number of aliphatic hydroxyl groups is 1. The van der Waals surface area contributed by atoms with Crippen molar-refractivity contribution in [2.75, 3.05) is 26.2 Å². The lowest BCUT2D eigenvalue weighted by atomic mass is 9.88. The lowest BCUT2D eigenvalue weighted by Crippen LogP contribution is -2.51. The Balaban J connectivity index is 1.58. The highest BCUT2D eigenvalue weighted by molar-refractivity contribution is 5.77. The quantitative estimate of drug-likeness (QED) is 0.921. The van der Waals surface area contributed by atoms with Crippen molar-refractivity contribution in [1.82, 2.24) is 9.80 Å². The summed E-state index contributed by atoms with van der Waals surface area (Å²) in [7, 11) is 0. The van der Waals surface area contributed by atoms with Crippen LogP contribution >= 0.6 is 0 Å². The largest absolute Gasteiger partial charge is 0.388 e. The molecule has 0 bridgehead atoms. The highest BCUT2D eigenvalue weighted by Crippen LogP contribution is 2.27. The molecule has 0 saturated carbocycles. The molecule has 1 unspecified atom stereocenters. The third-order valence-electron chi connectivity index (χ3n) is 4.82. The maximum atomic E-state index is 13.4. The second-order valence-corrected chi connectivity index (χ2v) is 6.96. The second-order valence-electron chi connectivity index (χ2n) is 6.96. The summed E-state index contributed by atoms with van der Waals surface area (Å²) in [5.74, 6) is -0.404. The zero-order valence-corrected chi connectivity index (χ0v) is 14.0. The monoisotopic (exact) mass is 332 g/mol. The van der Waals surface area contributed by atoms with E-state index in [1.54, 1.807) is 0 Å². The molecule has 2 heterocycles. The Morgan fingerprint density at radius 3 is 2.79 bits per heavy atom. The number of β-amino-alcohol motifs (C(OH)–C–C–N with tert-alkyl or cyclic N) is 1. The van der Waals surface area contributed by atoms with E-state index >= 15 is 0 Å². The Bertz CT molecular complexity index is 605. The molecule has 0 aliphatic carbocycles. The van der Waals surface area contributed by atoms with E-state index in [9.17, 15) is 14.3 Å². The van der Waals surface area contributed by atoms with Crippen LogP contribution in [0.25, 0.3) is 0 Å². The smallest absolute Gasteiger partial charge is 0.225 e. The van der Waals surface area contributed by atoms with Gasteiger partial charge in [-0.1, -0.05) is 30.3 Å². The molecule has 1 N–H and O–H groups in total. The lowest BCUT2D eigenvalue weighted by molar-refractivity contribution is -0.139. The van der Waals surface area contributed by atoms with Crippen molar-refractivity contribution in [3.63, 3.8) is 0 Å². The van der Waals surface area contributed by atoms with Crippen molar-refractivity contribution in [3.05, 3.63) is 47.8 Å². The summed E-state index contributed by atoms with van der Waals surface area (Å²) >= 11 is 0. The van der Waals surface area contributed by atoms with Crippen LogP contribution in [-0.4, -0.2) is 52.6 Å². The average molecular weight is 332 g/mol. The first kappa shape index (κ1) is 17.1. The van der Waals surface area contributed by atoms with E-state index in [-0.39, 0.29) is 24.7 Å². The van der Waals surface area contributed by atoms with Gasteiger partial charge in [0.15, 0.2) is 0 Å². The summed E-state index contributed by atoms with van der Waals surface area (Å²) in [5, 5.41) is 10.9. The van der Waals surface area contributed by atoms with Crippen molar-refractivity contribution in [3.8, 4) is 0 Å². The number of benzene rings is 1. The Morgan fingerprint density at radius 2 is 2.04 bits per heavy atom. The molecule has 0 aromatic heterocycles. The van der Waals surface area contributed by atoms with Crippen molar-refractivity contribution >= 4 is 5.91 Å². The molecular weight excluding hydrogens is 307 g/mol. The fourth-order valence-electron chi connectivity index (χ4n) is 3.64. The number of nitrogens with zero attached hydrogens (tertiary/aromatic N) is 2.